The van der Waals surface area contributed by atoms with Gasteiger partial charge in [0.15, 0.2) is 11.5 Å². The molecule has 88 valence electrons. The first-order valence-corrected chi connectivity index (χ1v) is 5.15. The van der Waals surface area contributed by atoms with Crippen molar-refractivity contribution in [3.8, 4) is 0 Å². The predicted octanol–water partition coefficient (Wildman–Crippen LogP) is 0.582. The molecule has 1 aliphatic carbocycles. The van der Waals surface area contributed by atoms with E-state index in [2.05, 4.69) is 19.9 Å². The second-order valence-electron chi connectivity index (χ2n) is 3.89. The number of hydrogen-bond acceptors (Lipinski definition) is 5. The molecule has 8 nitrogen and oxygen atoms in total. The van der Waals surface area contributed by atoms with Crippen molar-refractivity contribution < 1.29 is 9.90 Å². The summed E-state index contributed by atoms with van der Waals surface area (Å²) >= 11 is 0. The number of carboxylic acid groups (broad SMARTS) is 1. The lowest BCUT2D eigenvalue weighted by Crippen LogP contribution is -2.32. The van der Waals surface area contributed by atoms with Gasteiger partial charge in [-0.1, -0.05) is 0 Å². The van der Waals surface area contributed by atoms with Gasteiger partial charge in [0.25, 0.3) is 0 Å². The van der Waals surface area contributed by atoms with Crippen LogP contribution in [0.3, 0.4) is 0 Å². The molecule has 0 unspecified atom stereocenters. The van der Waals surface area contributed by atoms with Crippen molar-refractivity contribution in [2.45, 2.75) is 18.9 Å². The Bertz CT molecular complexity index is 590. The SMILES string of the molecule is Nc1nc(N(C(=O)O)C2CC2)c2[nH]cnc2n1. The number of nitrogens with two attached hydrogens (primary N) is 1. The van der Waals surface area contributed by atoms with Crippen molar-refractivity contribution in [3.63, 3.8) is 0 Å². The fourth-order valence-electron chi connectivity index (χ4n) is 1.76. The second-order valence-corrected chi connectivity index (χ2v) is 3.89. The van der Waals surface area contributed by atoms with Crippen LogP contribution >= 0.6 is 0 Å². The van der Waals surface area contributed by atoms with Crippen molar-refractivity contribution in [3.05, 3.63) is 6.33 Å². The minimum absolute atomic E-state index is 0.0199. The molecule has 1 fully saturated rings. The van der Waals surface area contributed by atoms with Crippen molar-refractivity contribution in [1.29, 1.82) is 0 Å². The molecule has 1 aliphatic rings. The maximum absolute atomic E-state index is 11.2. The molecule has 4 N–H and O–H groups in total. The fraction of sp³-hybridized carbons (Fsp3) is 0.333. The number of imidazole rings is 1. The number of carbonyl (C=O) groups is 1. The molecule has 2 aromatic rings. The number of nitrogens with one attached hydrogen (secondary N) is 1. The Morgan fingerprint density at radius 3 is 2.94 bits per heavy atom. The van der Waals surface area contributed by atoms with Gasteiger partial charge in [-0.2, -0.15) is 9.97 Å². The quantitative estimate of drug-likeness (QED) is 0.698. The molecule has 0 aliphatic heterocycles. The molecule has 1 saturated carbocycles. The zero-order chi connectivity index (χ0) is 12.0. The molecular weight excluding hydrogens is 224 g/mol. The van der Waals surface area contributed by atoms with E-state index in [9.17, 15) is 9.90 Å². The number of rotatable bonds is 2. The standard InChI is InChI=1S/C9H10N6O2/c10-8-13-6-5(11-3-12-6)7(14-8)15(9(16)17)4-1-2-4/h3-4H,1-2H2,(H,16,17)(H3,10,11,12,13,14). The van der Waals surface area contributed by atoms with Gasteiger partial charge >= 0.3 is 6.09 Å². The van der Waals surface area contributed by atoms with Crippen LogP contribution in [-0.4, -0.2) is 37.2 Å². The minimum atomic E-state index is -1.04. The molecule has 0 radical (unpaired) electrons. The van der Waals surface area contributed by atoms with Crippen molar-refractivity contribution >= 4 is 29.0 Å². The average Bonchev–Trinajstić information content (AvgIpc) is 2.95. The van der Waals surface area contributed by atoms with Gasteiger partial charge in [0, 0.05) is 6.04 Å². The van der Waals surface area contributed by atoms with Crippen LogP contribution in [0.1, 0.15) is 12.8 Å². The maximum atomic E-state index is 11.2. The highest BCUT2D eigenvalue weighted by Crippen LogP contribution is 2.33. The van der Waals surface area contributed by atoms with Gasteiger partial charge in [0.1, 0.15) is 5.52 Å². The summed E-state index contributed by atoms with van der Waals surface area (Å²) in [4.78, 5) is 27.2. The van der Waals surface area contributed by atoms with Crippen LogP contribution < -0.4 is 10.6 Å². The van der Waals surface area contributed by atoms with E-state index >= 15 is 0 Å². The van der Waals surface area contributed by atoms with Crippen LogP contribution in [0.4, 0.5) is 16.6 Å². The summed E-state index contributed by atoms with van der Waals surface area (Å²) < 4.78 is 0. The Morgan fingerprint density at radius 1 is 1.53 bits per heavy atom. The molecule has 2 aromatic heterocycles. The van der Waals surface area contributed by atoms with Crippen molar-refractivity contribution in [2.24, 2.45) is 0 Å². The predicted molar refractivity (Wildman–Crippen MR) is 59.6 cm³/mol. The van der Waals surface area contributed by atoms with Crippen LogP contribution in [0.25, 0.3) is 11.2 Å². The Balaban J connectivity index is 2.20. The lowest BCUT2D eigenvalue weighted by molar-refractivity contribution is 0.201. The van der Waals surface area contributed by atoms with Gasteiger partial charge in [-0.25, -0.2) is 9.78 Å². The summed E-state index contributed by atoms with van der Waals surface area (Å²) in [6.45, 7) is 0. The Kier molecular flexibility index (Phi) is 1.91. The van der Waals surface area contributed by atoms with Gasteiger partial charge in [-0.3, -0.25) is 4.90 Å². The molecular formula is C9H10N6O2. The van der Waals surface area contributed by atoms with E-state index in [-0.39, 0.29) is 17.8 Å². The topological polar surface area (TPSA) is 121 Å². The van der Waals surface area contributed by atoms with Crippen molar-refractivity contribution in [2.75, 3.05) is 10.6 Å². The van der Waals surface area contributed by atoms with Crippen molar-refractivity contribution in [1.82, 2.24) is 19.9 Å². The van der Waals surface area contributed by atoms with Crippen LogP contribution in [0.2, 0.25) is 0 Å². The number of hydrogen-bond donors (Lipinski definition) is 3. The summed E-state index contributed by atoms with van der Waals surface area (Å²) in [6, 6.07) is -0.0201. The summed E-state index contributed by atoms with van der Waals surface area (Å²) in [5.74, 6) is 0.298. The summed E-state index contributed by atoms with van der Waals surface area (Å²) in [5.41, 5.74) is 6.42. The van der Waals surface area contributed by atoms with Gasteiger partial charge in [-0.05, 0) is 12.8 Å². The summed E-state index contributed by atoms with van der Waals surface area (Å²) in [7, 11) is 0. The highest BCUT2D eigenvalue weighted by Gasteiger charge is 2.36. The first-order chi connectivity index (χ1) is 8.16. The third-order valence-corrected chi connectivity index (χ3v) is 2.63. The number of anilines is 2. The van der Waals surface area contributed by atoms with E-state index < -0.39 is 6.09 Å². The molecule has 1 amide bonds. The molecule has 0 spiro atoms. The number of nitrogen functional groups attached to an aromatic ring is 1. The molecule has 0 saturated heterocycles. The second kappa shape index (κ2) is 3.30. The number of amides is 1. The first kappa shape index (κ1) is 9.82. The van der Waals surface area contributed by atoms with Crippen LogP contribution in [0.5, 0.6) is 0 Å². The highest BCUT2D eigenvalue weighted by molar-refractivity contribution is 5.95. The van der Waals surface area contributed by atoms with E-state index in [1.54, 1.807) is 0 Å². The van der Waals surface area contributed by atoms with E-state index in [0.717, 1.165) is 12.8 Å². The average molecular weight is 234 g/mol. The van der Waals surface area contributed by atoms with E-state index in [1.165, 1.54) is 11.2 Å². The van der Waals surface area contributed by atoms with Gasteiger partial charge in [0.05, 0.1) is 6.33 Å². The Morgan fingerprint density at radius 2 is 2.29 bits per heavy atom. The highest BCUT2D eigenvalue weighted by atomic mass is 16.4. The largest absolute Gasteiger partial charge is 0.465 e. The molecule has 2 heterocycles. The van der Waals surface area contributed by atoms with Gasteiger partial charge in [-0.15, -0.1) is 0 Å². The lowest BCUT2D eigenvalue weighted by atomic mass is 10.4. The molecule has 8 heteroatoms. The Hall–Kier alpha value is -2.38. The Labute approximate surface area is 95.5 Å². The van der Waals surface area contributed by atoms with Crippen LogP contribution in [-0.2, 0) is 0 Å². The normalized spacial score (nSPS) is 15.1. The third kappa shape index (κ3) is 1.53. The third-order valence-electron chi connectivity index (χ3n) is 2.63. The summed E-state index contributed by atoms with van der Waals surface area (Å²) in [6.07, 6.45) is 2.08. The monoisotopic (exact) mass is 234 g/mol. The molecule has 17 heavy (non-hydrogen) atoms. The fourth-order valence-corrected chi connectivity index (χ4v) is 1.76. The van der Waals surface area contributed by atoms with Gasteiger partial charge in [0.2, 0.25) is 5.95 Å². The number of aromatic amines is 1. The zero-order valence-corrected chi connectivity index (χ0v) is 8.79. The minimum Gasteiger partial charge on any atom is -0.465 e. The van der Waals surface area contributed by atoms with Crippen LogP contribution in [0.15, 0.2) is 6.33 Å². The van der Waals surface area contributed by atoms with E-state index in [1.807, 2.05) is 0 Å². The number of H-pyrrole nitrogens is 1. The number of aromatic nitrogens is 4. The smallest absolute Gasteiger partial charge is 0.413 e. The molecule has 0 bridgehead atoms. The van der Waals surface area contributed by atoms with Gasteiger partial charge < -0.3 is 15.8 Å². The number of nitrogens with zero attached hydrogens (tertiary/aromatic N) is 4. The first-order valence-electron chi connectivity index (χ1n) is 5.15. The lowest BCUT2D eigenvalue weighted by Gasteiger charge is -2.17. The van der Waals surface area contributed by atoms with E-state index in [4.69, 9.17) is 5.73 Å². The maximum Gasteiger partial charge on any atom is 0.413 e. The molecule has 0 aromatic carbocycles. The molecule has 0 atom stereocenters. The zero-order valence-electron chi connectivity index (χ0n) is 8.79. The van der Waals surface area contributed by atoms with Crippen LogP contribution in [0, 0.1) is 0 Å². The summed E-state index contributed by atoms with van der Waals surface area (Å²) in [5, 5.41) is 9.22. The molecule has 3 rings (SSSR count). The number of fused-ring (bicyclic) bond motifs is 1. The van der Waals surface area contributed by atoms with E-state index in [0.29, 0.717) is 11.2 Å².